The molecule has 0 unspecified atom stereocenters. The first-order chi connectivity index (χ1) is 13.9. The van der Waals surface area contributed by atoms with Crippen LogP contribution in [0.3, 0.4) is 0 Å². The van der Waals surface area contributed by atoms with Crippen LogP contribution in [-0.4, -0.2) is 72.8 Å². The molecule has 1 aliphatic rings. The first-order valence-electron chi connectivity index (χ1n) is 8.96. The molecule has 0 aliphatic carbocycles. The summed E-state index contributed by atoms with van der Waals surface area (Å²) in [5, 5.41) is 39.2. The first kappa shape index (κ1) is 26.2. The monoisotopic (exact) mass is 446 g/mol. The van der Waals surface area contributed by atoms with Crippen LogP contribution < -0.4 is 0 Å². The highest BCUT2D eigenvalue weighted by Gasteiger charge is 2.37. The summed E-state index contributed by atoms with van der Waals surface area (Å²) in [4.78, 5) is 29.6. The molecule has 0 saturated heterocycles. The first-order valence-corrected chi connectivity index (χ1v) is 10.5. The van der Waals surface area contributed by atoms with E-state index in [2.05, 4.69) is 4.52 Å². The van der Waals surface area contributed by atoms with Crippen molar-refractivity contribution in [2.24, 2.45) is 0 Å². The predicted octanol–water partition coefficient (Wildman–Crippen LogP) is 0.0259. The van der Waals surface area contributed by atoms with Gasteiger partial charge in [0.05, 0.1) is 12.7 Å². The van der Waals surface area contributed by atoms with E-state index in [9.17, 15) is 24.7 Å². The fourth-order valence-electron chi connectivity index (χ4n) is 2.39. The van der Waals surface area contributed by atoms with Crippen LogP contribution in [-0.2, 0) is 18.6 Å². The van der Waals surface area contributed by atoms with Gasteiger partial charge in [0.2, 0.25) is 0 Å². The van der Waals surface area contributed by atoms with Gasteiger partial charge in [-0.3, -0.25) is 4.52 Å². The molecule has 0 fully saturated rings. The highest BCUT2D eigenvalue weighted by molar-refractivity contribution is 7.46. The van der Waals surface area contributed by atoms with Gasteiger partial charge in [-0.2, -0.15) is 0 Å². The third-order valence-corrected chi connectivity index (χ3v) is 4.45. The van der Waals surface area contributed by atoms with Gasteiger partial charge < -0.3 is 34.9 Å². The quantitative estimate of drug-likeness (QED) is 0.110. The maximum Gasteiger partial charge on any atom is 0.469 e. The Labute approximate surface area is 174 Å². The normalized spacial score (nSPS) is 24.7. The van der Waals surface area contributed by atoms with E-state index in [1.165, 1.54) is 37.3 Å². The fourth-order valence-corrected chi connectivity index (χ4v) is 3.02. The summed E-state index contributed by atoms with van der Waals surface area (Å²) in [5.41, 5.74) is -2.00. The average Bonchev–Trinajstić information content (AvgIpc) is 2.63. The highest BCUT2D eigenvalue weighted by Crippen LogP contribution is 2.41. The Morgan fingerprint density at radius 1 is 1.30 bits per heavy atom. The van der Waals surface area contributed by atoms with Gasteiger partial charge in [-0.1, -0.05) is 42.5 Å². The van der Waals surface area contributed by atoms with Crippen molar-refractivity contribution in [3.8, 4) is 0 Å². The second-order valence-electron chi connectivity index (χ2n) is 6.60. The van der Waals surface area contributed by atoms with Gasteiger partial charge in [0.1, 0.15) is 23.9 Å². The molecule has 0 amide bonds. The summed E-state index contributed by atoms with van der Waals surface area (Å²) in [6.07, 6.45) is 8.07. The van der Waals surface area contributed by atoms with Crippen LogP contribution in [0.1, 0.15) is 13.3 Å². The number of carbonyl (C=O) groups is 1. The molecule has 0 aromatic rings. The van der Waals surface area contributed by atoms with Crippen molar-refractivity contribution >= 4 is 13.8 Å². The van der Waals surface area contributed by atoms with Gasteiger partial charge in [-0.25, -0.2) is 9.36 Å². The summed E-state index contributed by atoms with van der Waals surface area (Å²) in [5.74, 6) is -0.694. The molecule has 0 spiro atoms. The van der Waals surface area contributed by atoms with Gasteiger partial charge in [0, 0.05) is 12.5 Å². The lowest BCUT2D eigenvalue weighted by Crippen LogP contribution is -2.41. The SMILES string of the molecule is C[C@@](O)(/C=C/[C@@H]1OC(=O)C=C[C@@H]1O)[C@@H](C[C@@H](O)\C=C/C=C\C=C\CO)OP(=O)(O)O. The van der Waals surface area contributed by atoms with Crippen LogP contribution in [0.4, 0.5) is 0 Å². The van der Waals surface area contributed by atoms with Gasteiger partial charge in [-0.15, -0.1) is 0 Å². The van der Waals surface area contributed by atoms with Crippen molar-refractivity contribution in [2.45, 2.75) is 43.4 Å². The molecule has 11 heteroatoms. The van der Waals surface area contributed by atoms with Crippen molar-refractivity contribution in [2.75, 3.05) is 6.61 Å². The molecule has 30 heavy (non-hydrogen) atoms. The number of aliphatic hydroxyl groups is 4. The van der Waals surface area contributed by atoms with Crippen molar-refractivity contribution in [1.29, 1.82) is 0 Å². The molecule has 168 valence electrons. The van der Waals surface area contributed by atoms with E-state index < -0.39 is 43.8 Å². The third-order valence-electron chi connectivity index (χ3n) is 3.92. The van der Waals surface area contributed by atoms with E-state index in [4.69, 9.17) is 19.6 Å². The van der Waals surface area contributed by atoms with Crippen molar-refractivity contribution in [3.63, 3.8) is 0 Å². The molecular formula is C19H27O10P. The number of hydrogen-bond donors (Lipinski definition) is 6. The molecule has 0 aromatic heterocycles. The van der Waals surface area contributed by atoms with E-state index in [0.29, 0.717) is 0 Å². The minimum Gasteiger partial charge on any atom is -0.452 e. The van der Waals surface area contributed by atoms with Crippen molar-refractivity contribution in [1.82, 2.24) is 0 Å². The smallest absolute Gasteiger partial charge is 0.452 e. The summed E-state index contributed by atoms with van der Waals surface area (Å²) < 4.78 is 20.9. The van der Waals surface area contributed by atoms with Crippen molar-refractivity contribution in [3.05, 3.63) is 60.8 Å². The second kappa shape index (κ2) is 12.1. The lowest BCUT2D eigenvalue weighted by Gasteiger charge is -2.32. The Kier molecular flexibility index (Phi) is 10.5. The molecule has 10 nitrogen and oxygen atoms in total. The van der Waals surface area contributed by atoms with Gasteiger partial charge in [0.15, 0.2) is 0 Å². The molecule has 1 aliphatic heterocycles. The Bertz CT molecular complexity index is 746. The summed E-state index contributed by atoms with van der Waals surface area (Å²) in [6, 6.07) is 0. The number of phosphoric ester groups is 1. The number of cyclic esters (lactones) is 1. The van der Waals surface area contributed by atoms with Gasteiger partial charge in [0.25, 0.3) is 0 Å². The largest absolute Gasteiger partial charge is 0.469 e. The van der Waals surface area contributed by atoms with E-state index in [-0.39, 0.29) is 13.0 Å². The standard InChI is InChI=1S/C19H27O10P/c1-19(24,11-10-16-15(22)8-9-18(23)28-16)17(29-30(25,26)27)13-14(21)7-5-3-2-4-6-12-20/h2-11,14-17,20-22,24H,12-13H2,1H3,(H2,25,26,27)/b3-2-,6-4+,7-5-,11-10+/t14-,15-,16-,17+,19+/m0/s1. The fraction of sp³-hybridized carbons (Fsp3) is 0.421. The molecule has 1 rings (SSSR count). The zero-order valence-corrected chi connectivity index (χ0v) is 17.2. The number of aliphatic hydroxyl groups excluding tert-OH is 3. The number of carbonyl (C=O) groups excluding carboxylic acids is 1. The molecule has 6 N–H and O–H groups in total. The minimum atomic E-state index is -5.02. The second-order valence-corrected chi connectivity index (χ2v) is 7.80. The number of esters is 1. The van der Waals surface area contributed by atoms with E-state index in [0.717, 1.165) is 12.2 Å². The molecular weight excluding hydrogens is 419 g/mol. The lowest BCUT2D eigenvalue weighted by molar-refractivity contribution is -0.146. The number of phosphoric acid groups is 1. The Morgan fingerprint density at radius 2 is 1.97 bits per heavy atom. The number of hydrogen-bond acceptors (Lipinski definition) is 8. The van der Waals surface area contributed by atoms with Crippen molar-refractivity contribution < 1.29 is 48.8 Å². The average molecular weight is 446 g/mol. The molecule has 0 radical (unpaired) electrons. The Hall–Kier alpha value is -1.88. The van der Waals surface area contributed by atoms with Crippen LogP contribution in [0.2, 0.25) is 0 Å². The number of rotatable bonds is 11. The third kappa shape index (κ3) is 10.2. The van der Waals surface area contributed by atoms with Gasteiger partial charge in [-0.05, 0) is 19.1 Å². The summed E-state index contributed by atoms with van der Waals surface area (Å²) >= 11 is 0. The summed E-state index contributed by atoms with van der Waals surface area (Å²) in [6.45, 7) is 1.07. The lowest BCUT2D eigenvalue weighted by atomic mass is 9.92. The maximum atomic E-state index is 11.3. The maximum absolute atomic E-state index is 11.3. The highest BCUT2D eigenvalue weighted by atomic mass is 31.2. The van der Waals surface area contributed by atoms with E-state index >= 15 is 0 Å². The molecule has 5 atom stereocenters. The van der Waals surface area contributed by atoms with Gasteiger partial charge >= 0.3 is 13.8 Å². The van der Waals surface area contributed by atoms with Crippen LogP contribution in [0.5, 0.6) is 0 Å². The predicted molar refractivity (Wildman–Crippen MR) is 107 cm³/mol. The van der Waals surface area contributed by atoms with E-state index in [1.54, 1.807) is 18.2 Å². The number of ether oxygens (including phenoxy) is 1. The zero-order valence-electron chi connectivity index (χ0n) is 16.3. The minimum absolute atomic E-state index is 0.117. The Balaban J connectivity index is 2.90. The molecule has 1 heterocycles. The van der Waals surface area contributed by atoms with Crippen LogP contribution >= 0.6 is 7.82 Å². The topological polar surface area (TPSA) is 174 Å². The summed E-state index contributed by atoms with van der Waals surface area (Å²) in [7, 11) is -5.02. The van der Waals surface area contributed by atoms with Crippen LogP contribution in [0.15, 0.2) is 60.8 Å². The molecule has 0 aromatic carbocycles. The number of allylic oxidation sites excluding steroid dienone is 4. The zero-order chi connectivity index (χ0) is 22.8. The van der Waals surface area contributed by atoms with Crippen LogP contribution in [0.25, 0.3) is 0 Å². The van der Waals surface area contributed by atoms with E-state index in [1.807, 2.05) is 0 Å². The van der Waals surface area contributed by atoms with Crippen LogP contribution in [0, 0.1) is 0 Å². The Morgan fingerprint density at radius 3 is 2.60 bits per heavy atom. The molecule has 0 saturated carbocycles. The molecule has 0 bridgehead atoms.